The fourth-order valence-corrected chi connectivity index (χ4v) is 4.10. The predicted octanol–water partition coefficient (Wildman–Crippen LogP) is 4.43. The molecule has 1 saturated heterocycles. The first kappa shape index (κ1) is 24.0. The summed E-state index contributed by atoms with van der Waals surface area (Å²) in [6, 6.07) is 22.0. The summed E-state index contributed by atoms with van der Waals surface area (Å²) in [6.07, 6.45) is 0.533. The number of ether oxygens (including phenoxy) is 2. The first-order valence-corrected chi connectivity index (χ1v) is 11.3. The Labute approximate surface area is 203 Å². The molecule has 2 N–H and O–H groups in total. The molecule has 0 aromatic heterocycles. The zero-order chi connectivity index (χ0) is 24.8. The number of hydrogen-bond donors (Lipinski definition) is 2. The Morgan fingerprint density at radius 2 is 1.63 bits per heavy atom. The normalized spacial score (nSPS) is 17.1. The van der Waals surface area contributed by atoms with Gasteiger partial charge in [0, 0.05) is 25.8 Å². The molecule has 0 radical (unpaired) electrons. The standard InChI is InChI=1S/C28H27NO6/c1-34-17-5-16-29-25(20-8-12-22(30)13-9-20)24(27(32)28(29)33)26(31)21-10-14-23(15-11-21)35-18-19-6-3-2-4-7-19/h2-4,6-15,25,30-31H,5,16-18H2,1H3. The van der Waals surface area contributed by atoms with Crippen LogP contribution in [0.1, 0.15) is 29.2 Å². The van der Waals surface area contributed by atoms with E-state index in [9.17, 15) is 19.8 Å². The van der Waals surface area contributed by atoms with Crippen molar-refractivity contribution in [2.24, 2.45) is 0 Å². The summed E-state index contributed by atoms with van der Waals surface area (Å²) >= 11 is 0. The highest BCUT2D eigenvalue weighted by atomic mass is 16.5. The second kappa shape index (κ2) is 10.9. The average Bonchev–Trinajstić information content (AvgIpc) is 3.13. The smallest absolute Gasteiger partial charge is 0.295 e. The fourth-order valence-electron chi connectivity index (χ4n) is 4.10. The van der Waals surface area contributed by atoms with Gasteiger partial charge in [-0.1, -0.05) is 42.5 Å². The van der Waals surface area contributed by atoms with Crippen LogP contribution in [0, 0.1) is 0 Å². The number of carbonyl (C=O) groups excluding carboxylic acids is 2. The largest absolute Gasteiger partial charge is 0.508 e. The first-order chi connectivity index (χ1) is 17.0. The van der Waals surface area contributed by atoms with Crippen molar-refractivity contribution in [1.82, 2.24) is 4.90 Å². The van der Waals surface area contributed by atoms with Crippen LogP contribution in [0.5, 0.6) is 11.5 Å². The lowest BCUT2D eigenvalue weighted by atomic mass is 9.95. The number of phenolic OH excluding ortho intramolecular Hbond substituents is 1. The third-order valence-electron chi connectivity index (χ3n) is 5.87. The zero-order valence-electron chi connectivity index (χ0n) is 19.4. The quantitative estimate of drug-likeness (QED) is 0.207. The molecule has 1 fully saturated rings. The molecule has 1 aliphatic heterocycles. The Hall–Kier alpha value is -4.10. The minimum atomic E-state index is -0.776. The van der Waals surface area contributed by atoms with Crippen LogP contribution in [-0.2, 0) is 20.9 Å². The number of aromatic hydroxyl groups is 1. The van der Waals surface area contributed by atoms with Crippen molar-refractivity contribution in [3.63, 3.8) is 0 Å². The number of ketones is 1. The average molecular weight is 474 g/mol. The molecule has 3 aromatic carbocycles. The Bertz CT molecular complexity index is 1200. The molecule has 4 rings (SSSR count). The number of benzene rings is 3. The van der Waals surface area contributed by atoms with Crippen LogP contribution in [0.25, 0.3) is 5.76 Å². The van der Waals surface area contributed by atoms with Crippen LogP contribution >= 0.6 is 0 Å². The molecular formula is C28H27NO6. The van der Waals surface area contributed by atoms with Crippen molar-refractivity contribution in [3.05, 3.63) is 101 Å². The number of aliphatic hydroxyl groups excluding tert-OH is 1. The van der Waals surface area contributed by atoms with E-state index in [-0.39, 0.29) is 23.6 Å². The highest BCUT2D eigenvalue weighted by molar-refractivity contribution is 6.46. The van der Waals surface area contributed by atoms with Gasteiger partial charge >= 0.3 is 0 Å². The molecule has 1 amide bonds. The zero-order valence-corrected chi connectivity index (χ0v) is 19.4. The van der Waals surface area contributed by atoms with Gasteiger partial charge in [-0.3, -0.25) is 9.59 Å². The number of methoxy groups -OCH3 is 1. The van der Waals surface area contributed by atoms with E-state index in [4.69, 9.17) is 9.47 Å². The summed E-state index contributed by atoms with van der Waals surface area (Å²) < 4.78 is 10.9. The number of phenols is 1. The molecule has 1 aliphatic rings. The van der Waals surface area contributed by atoms with Gasteiger partial charge < -0.3 is 24.6 Å². The minimum Gasteiger partial charge on any atom is -0.508 e. The molecule has 7 heteroatoms. The van der Waals surface area contributed by atoms with E-state index in [1.54, 1.807) is 43.5 Å². The molecule has 0 saturated carbocycles. The van der Waals surface area contributed by atoms with E-state index in [0.29, 0.717) is 36.5 Å². The van der Waals surface area contributed by atoms with Gasteiger partial charge in [0.15, 0.2) is 0 Å². The lowest BCUT2D eigenvalue weighted by Crippen LogP contribution is -2.31. The third kappa shape index (κ3) is 5.36. The Kier molecular flexibility index (Phi) is 7.48. The Morgan fingerprint density at radius 3 is 2.29 bits per heavy atom. The number of likely N-dealkylation sites (tertiary alicyclic amines) is 1. The summed E-state index contributed by atoms with van der Waals surface area (Å²) in [6.45, 7) is 1.11. The fraction of sp³-hybridized carbons (Fsp3) is 0.214. The highest BCUT2D eigenvalue weighted by Crippen LogP contribution is 2.40. The van der Waals surface area contributed by atoms with Gasteiger partial charge in [0.05, 0.1) is 11.6 Å². The number of rotatable bonds is 9. The highest BCUT2D eigenvalue weighted by Gasteiger charge is 2.45. The number of Topliss-reactive ketones (excluding diaryl/α,β-unsaturated/α-hetero) is 1. The minimum absolute atomic E-state index is 0.0102. The van der Waals surface area contributed by atoms with Crippen molar-refractivity contribution < 1.29 is 29.3 Å². The molecule has 35 heavy (non-hydrogen) atoms. The van der Waals surface area contributed by atoms with E-state index in [1.807, 2.05) is 30.3 Å². The number of aliphatic hydroxyl groups is 1. The van der Waals surface area contributed by atoms with Crippen LogP contribution in [-0.4, -0.2) is 47.1 Å². The van der Waals surface area contributed by atoms with Gasteiger partial charge in [-0.25, -0.2) is 0 Å². The third-order valence-corrected chi connectivity index (χ3v) is 5.87. The van der Waals surface area contributed by atoms with Gasteiger partial charge in [-0.05, 0) is 53.9 Å². The summed E-state index contributed by atoms with van der Waals surface area (Å²) in [5, 5.41) is 20.8. The summed E-state index contributed by atoms with van der Waals surface area (Å²) in [7, 11) is 1.57. The van der Waals surface area contributed by atoms with Gasteiger partial charge in [0.2, 0.25) is 0 Å². The number of nitrogens with zero attached hydrogens (tertiary/aromatic N) is 1. The monoisotopic (exact) mass is 473 g/mol. The van der Waals surface area contributed by atoms with Crippen molar-refractivity contribution in [2.75, 3.05) is 20.3 Å². The van der Waals surface area contributed by atoms with Crippen molar-refractivity contribution >= 4 is 17.4 Å². The van der Waals surface area contributed by atoms with Gasteiger partial charge in [-0.15, -0.1) is 0 Å². The maximum Gasteiger partial charge on any atom is 0.295 e. The van der Waals surface area contributed by atoms with E-state index in [2.05, 4.69) is 0 Å². The second-order valence-electron chi connectivity index (χ2n) is 8.23. The van der Waals surface area contributed by atoms with Gasteiger partial charge in [0.25, 0.3) is 11.7 Å². The maximum atomic E-state index is 13.0. The van der Waals surface area contributed by atoms with E-state index >= 15 is 0 Å². The molecule has 1 unspecified atom stereocenters. The molecule has 3 aromatic rings. The topological polar surface area (TPSA) is 96.3 Å². The molecule has 7 nitrogen and oxygen atoms in total. The summed E-state index contributed by atoms with van der Waals surface area (Å²) in [4.78, 5) is 27.4. The second-order valence-corrected chi connectivity index (χ2v) is 8.23. The SMILES string of the molecule is COCCCN1C(=O)C(=O)C(=C(O)c2ccc(OCc3ccccc3)cc2)C1c1ccc(O)cc1. The van der Waals surface area contributed by atoms with Crippen LogP contribution in [0.4, 0.5) is 0 Å². The van der Waals surface area contributed by atoms with Crippen LogP contribution < -0.4 is 4.74 Å². The Morgan fingerprint density at radius 1 is 0.943 bits per heavy atom. The molecule has 1 atom stereocenters. The van der Waals surface area contributed by atoms with Gasteiger partial charge in [-0.2, -0.15) is 0 Å². The first-order valence-electron chi connectivity index (χ1n) is 11.3. The molecule has 0 aliphatic carbocycles. The molecule has 180 valence electrons. The summed E-state index contributed by atoms with van der Waals surface area (Å²) in [5.74, 6) is -1.01. The maximum absolute atomic E-state index is 13.0. The van der Waals surface area contributed by atoms with Crippen LogP contribution in [0.15, 0.2) is 84.4 Å². The lowest BCUT2D eigenvalue weighted by molar-refractivity contribution is -0.140. The summed E-state index contributed by atoms with van der Waals surface area (Å²) in [5.41, 5.74) is 2.05. The van der Waals surface area contributed by atoms with Crippen molar-refractivity contribution in [2.45, 2.75) is 19.1 Å². The van der Waals surface area contributed by atoms with Crippen LogP contribution in [0.3, 0.4) is 0 Å². The lowest BCUT2D eigenvalue weighted by Gasteiger charge is -2.25. The van der Waals surface area contributed by atoms with E-state index in [0.717, 1.165) is 5.56 Å². The van der Waals surface area contributed by atoms with E-state index < -0.39 is 17.7 Å². The van der Waals surface area contributed by atoms with Gasteiger partial charge in [0.1, 0.15) is 23.9 Å². The number of amides is 1. The van der Waals surface area contributed by atoms with Crippen molar-refractivity contribution in [3.8, 4) is 11.5 Å². The Balaban J connectivity index is 1.63. The van der Waals surface area contributed by atoms with Crippen LogP contribution in [0.2, 0.25) is 0 Å². The molecule has 1 heterocycles. The van der Waals surface area contributed by atoms with E-state index in [1.165, 1.54) is 17.0 Å². The molecule has 0 spiro atoms. The predicted molar refractivity (Wildman–Crippen MR) is 131 cm³/mol. The van der Waals surface area contributed by atoms with Crippen molar-refractivity contribution in [1.29, 1.82) is 0 Å². The number of hydrogen-bond acceptors (Lipinski definition) is 6. The molecular weight excluding hydrogens is 446 g/mol. The molecule has 0 bridgehead atoms. The number of carbonyl (C=O) groups is 2.